The number of alkyl halides is 1. The van der Waals surface area contributed by atoms with Crippen LogP contribution < -0.4 is 4.90 Å². The van der Waals surface area contributed by atoms with Crippen LogP contribution in [0.5, 0.6) is 0 Å². The van der Waals surface area contributed by atoms with Gasteiger partial charge in [0.25, 0.3) is 0 Å². The molecule has 0 spiro atoms. The van der Waals surface area contributed by atoms with Crippen molar-refractivity contribution in [3.05, 3.63) is 53.9 Å². The minimum Gasteiger partial charge on any atom is -0.346 e. The highest BCUT2D eigenvalue weighted by atomic mass is 19.1. The van der Waals surface area contributed by atoms with Crippen molar-refractivity contribution in [2.75, 3.05) is 11.4 Å². The van der Waals surface area contributed by atoms with Crippen LogP contribution in [0.4, 0.5) is 14.6 Å². The minimum atomic E-state index is -1.04. The van der Waals surface area contributed by atoms with Gasteiger partial charge in [0.1, 0.15) is 29.4 Å². The Morgan fingerprint density at radius 2 is 2.17 bits per heavy atom. The van der Waals surface area contributed by atoms with Gasteiger partial charge < -0.3 is 4.90 Å². The van der Waals surface area contributed by atoms with E-state index in [9.17, 15) is 8.78 Å². The Kier molecular flexibility index (Phi) is 3.34. The lowest BCUT2D eigenvalue weighted by Crippen LogP contribution is -2.25. The first-order valence-corrected chi connectivity index (χ1v) is 7.41. The smallest absolute Gasteiger partial charge is 0.175 e. The predicted molar refractivity (Wildman–Crippen MR) is 81.5 cm³/mol. The number of pyridine rings is 1. The molecule has 0 saturated carbocycles. The number of nitrogens with zero attached hydrogens (tertiary/aromatic N) is 6. The van der Waals surface area contributed by atoms with Crippen LogP contribution in [0.1, 0.15) is 23.6 Å². The summed E-state index contributed by atoms with van der Waals surface area (Å²) in [5.41, 5.74) is 1.36. The van der Waals surface area contributed by atoms with E-state index < -0.39 is 12.0 Å². The molecule has 0 aliphatic carbocycles. The molecule has 1 aliphatic rings. The predicted octanol–water partition coefficient (Wildman–Crippen LogP) is 2.42. The molecule has 24 heavy (non-hydrogen) atoms. The molecule has 4 heterocycles. The molecule has 0 radical (unpaired) electrons. The van der Waals surface area contributed by atoms with E-state index >= 15 is 0 Å². The Labute approximate surface area is 136 Å². The molecule has 0 amide bonds. The van der Waals surface area contributed by atoms with Gasteiger partial charge in [0.15, 0.2) is 5.65 Å². The van der Waals surface area contributed by atoms with E-state index in [-0.39, 0.29) is 19.0 Å². The monoisotopic (exact) mass is 326 g/mol. The van der Waals surface area contributed by atoms with Crippen LogP contribution >= 0.6 is 0 Å². The van der Waals surface area contributed by atoms with Crippen molar-refractivity contribution in [1.29, 1.82) is 5.26 Å². The molecule has 0 aromatic carbocycles. The highest BCUT2D eigenvalue weighted by Crippen LogP contribution is 2.36. The molecule has 120 valence electrons. The second kappa shape index (κ2) is 5.53. The Hall–Kier alpha value is -3.08. The zero-order valence-corrected chi connectivity index (χ0v) is 12.5. The van der Waals surface area contributed by atoms with Crippen molar-refractivity contribution in [2.45, 2.75) is 18.6 Å². The van der Waals surface area contributed by atoms with E-state index in [0.29, 0.717) is 22.6 Å². The van der Waals surface area contributed by atoms with Gasteiger partial charge in [-0.2, -0.15) is 10.4 Å². The number of hydrogen-bond acceptors (Lipinski definition) is 5. The van der Waals surface area contributed by atoms with Crippen molar-refractivity contribution >= 4 is 11.5 Å². The number of aromatic nitrogens is 4. The van der Waals surface area contributed by atoms with Gasteiger partial charge >= 0.3 is 0 Å². The third kappa shape index (κ3) is 2.34. The summed E-state index contributed by atoms with van der Waals surface area (Å²) in [6.45, 7) is 0.153. The molecule has 6 nitrogen and oxygen atoms in total. The van der Waals surface area contributed by atoms with Crippen molar-refractivity contribution in [3.63, 3.8) is 0 Å². The fourth-order valence-corrected chi connectivity index (χ4v) is 3.06. The molecule has 3 aromatic heterocycles. The standard InChI is InChI=1S/C16H12F2N6/c17-12-3-10(6-20-8-12)14-4-13(18)9-23(14)15-1-2-24-16(22-15)11(5-19)7-21-24/h1-3,6-8,13-14H,4,9H2/t13-,14+/m0/s1. The summed E-state index contributed by atoms with van der Waals surface area (Å²) in [6, 6.07) is 4.74. The first-order chi connectivity index (χ1) is 11.7. The SMILES string of the molecule is N#Cc1cnn2ccc(N3C[C@@H](F)C[C@@H]3c3cncc(F)c3)nc12. The van der Waals surface area contributed by atoms with E-state index in [1.165, 1.54) is 23.0 Å². The number of halogens is 2. The second-order valence-corrected chi connectivity index (χ2v) is 5.66. The number of fused-ring (bicyclic) bond motifs is 1. The molecule has 8 heteroatoms. The lowest BCUT2D eigenvalue weighted by atomic mass is 10.1. The largest absolute Gasteiger partial charge is 0.346 e. The Bertz CT molecular complexity index is 947. The molecule has 2 atom stereocenters. The van der Waals surface area contributed by atoms with E-state index in [0.717, 1.165) is 6.20 Å². The van der Waals surface area contributed by atoms with Crippen LogP contribution in [0.15, 0.2) is 36.9 Å². The first kappa shape index (κ1) is 14.5. The van der Waals surface area contributed by atoms with Crippen LogP contribution in [0, 0.1) is 17.1 Å². The van der Waals surface area contributed by atoms with Crippen molar-refractivity contribution < 1.29 is 8.78 Å². The average Bonchev–Trinajstić information content (AvgIpc) is 3.17. The number of nitriles is 1. The number of rotatable bonds is 2. The second-order valence-electron chi connectivity index (χ2n) is 5.66. The van der Waals surface area contributed by atoms with Gasteiger partial charge in [-0.15, -0.1) is 0 Å². The van der Waals surface area contributed by atoms with Crippen molar-refractivity contribution in [1.82, 2.24) is 19.6 Å². The average molecular weight is 326 g/mol. The van der Waals surface area contributed by atoms with E-state index in [1.807, 2.05) is 6.07 Å². The van der Waals surface area contributed by atoms with E-state index in [1.54, 1.807) is 17.2 Å². The molecular formula is C16H12F2N6. The van der Waals surface area contributed by atoms with Crippen LogP contribution in [0.2, 0.25) is 0 Å². The topological polar surface area (TPSA) is 70.1 Å². The fourth-order valence-electron chi connectivity index (χ4n) is 3.06. The summed E-state index contributed by atoms with van der Waals surface area (Å²) in [5, 5.41) is 13.2. The molecule has 4 rings (SSSR count). The molecule has 1 fully saturated rings. The zero-order chi connectivity index (χ0) is 16.7. The van der Waals surface area contributed by atoms with Crippen LogP contribution in [0.3, 0.4) is 0 Å². The zero-order valence-electron chi connectivity index (χ0n) is 12.5. The molecule has 3 aromatic rings. The van der Waals surface area contributed by atoms with Gasteiger partial charge in [-0.1, -0.05) is 0 Å². The summed E-state index contributed by atoms with van der Waals surface area (Å²) in [4.78, 5) is 10.1. The number of hydrogen-bond donors (Lipinski definition) is 0. The van der Waals surface area contributed by atoms with E-state index in [2.05, 4.69) is 15.1 Å². The van der Waals surface area contributed by atoms with Crippen LogP contribution in [0.25, 0.3) is 5.65 Å². The summed E-state index contributed by atoms with van der Waals surface area (Å²) in [5.74, 6) is 0.0645. The fraction of sp³-hybridized carbons (Fsp3) is 0.250. The Morgan fingerprint density at radius 3 is 2.96 bits per heavy atom. The normalized spacial score (nSPS) is 20.5. The molecule has 1 aliphatic heterocycles. The molecule has 0 N–H and O–H groups in total. The third-order valence-corrected chi connectivity index (χ3v) is 4.13. The summed E-state index contributed by atoms with van der Waals surface area (Å²) in [7, 11) is 0. The third-order valence-electron chi connectivity index (χ3n) is 4.13. The quantitative estimate of drug-likeness (QED) is 0.723. The molecule has 0 bridgehead atoms. The maximum Gasteiger partial charge on any atom is 0.175 e. The highest BCUT2D eigenvalue weighted by Gasteiger charge is 2.34. The first-order valence-electron chi connectivity index (χ1n) is 7.41. The lowest BCUT2D eigenvalue weighted by Gasteiger charge is -2.25. The van der Waals surface area contributed by atoms with Crippen molar-refractivity contribution in [2.24, 2.45) is 0 Å². The van der Waals surface area contributed by atoms with Gasteiger partial charge in [0.2, 0.25) is 0 Å². The van der Waals surface area contributed by atoms with Crippen LogP contribution in [-0.4, -0.2) is 32.3 Å². The molecular weight excluding hydrogens is 314 g/mol. The maximum absolute atomic E-state index is 14.0. The number of anilines is 1. The lowest BCUT2D eigenvalue weighted by molar-refractivity contribution is 0.356. The summed E-state index contributed by atoms with van der Waals surface area (Å²) in [6.07, 6.45) is 4.95. The van der Waals surface area contributed by atoms with Gasteiger partial charge in [0, 0.05) is 18.8 Å². The highest BCUT2D eigenvalue weighted by molar-refractivity contribution is 5.58. The Morgan fingerprint density at radius 1 is 1.29 bits per heavy atom. The van der Waals surface area contributed by atoms with E-state index in [4.69, 9.17) is 5.26 Å². The summed E-state index contributed by atoms with van der Waals surface area (Å²) >= 11 is 0. The van der Waals surface area contributed by atoms with Crippen molar-refractivity contribution in [3.8, 4) is 6.07 Å². The Balaban J connectivity index is 1.77. The van der Waals surface area contributed by atoms with Gasteiger partial charge in [-0.05, 0) is 17.7 Å². The maximum atomic E-state index is 14.0. The molecule has 1 saturated heterocycles. The van der Waals surface area contributed by atoms with Gasteiger partial charge in [0.05, 0.1) is 25.0 Å². The summed E-state index contributed by atoms with van der Waals surface area (Å²) < 4.78 is 29.0. The van der Waals surface area contributed by atoms with Crippen LogP contribution in [-0.2, 0) is 0 Å². The van der Waals surface area contributed by atoms with Gasteiger partial charge in [-0.25, -0.2) is 18.3 Å². The minimum absolute atomic E-state index is 0.153. The van der Waals surface area contributed by atoms with Gasteiger partial charge in [-0.3, -0.25) is 4.98 Å². The molecule has 0 unspecified atom stereocenters.